The van der Waals surface area contributed by atoms with Crippen molar-refractivity contribution in [1.29, 1.82) is 0 Å². The number of carbonyl (C=O) groups excluding carboxylic acids is 4. The van der Waals surface area contributed by atoms with Crippen molar-refractivity contribution in [2.75, 3.05) is 9.80 Å². The standard InChI is InChI=1S/C30H16N2O8/c33-25-21-11-10-15(14-23(21)27(35)31(25)18-6-1-4-16(12-18)29(37)38)20-8-3-9-22-24(20)28(36)32(26(22)34)19-7-2-5-17(13-19)30(39)40/h1-14H,(H,37,38)(H,39,40). The molecular weight excluding hydrogens is 516 g/mol. The molecule has 2 heterocycles. The molecule has 0 saturated heterocycles. The molecule has 0 spiro atoms. The fraction of sp³-hybridized carbons (Fsp3) is 0. The fourth-order valence-electron chi connectivity index (χ4n) is 4.96. The molecule has 6 rings (SSSR count). The van der Waals surface area contributed by atoms with Crippen LogP contribution in [0, 0.1) is 0 Å². The fourth-order valence-corrected chi connectivity index (χ4v) is 4.96. The third-order valence-electron chi connectivity index (χ3n) is 6.82. The number of imide groups is 2. The van der Waals surface area contributed by atoms with Crippen molar-refractivity contribution in [3.8, 4) is 11.1 Å². The van der Waals surface area contributed by atoms with E-state index in [2.05, 4.69) is 0 Å². The number of rotatable bonds is 5. The third-order valence-corrected chi connectivity index (χ3v) is 6.82. The highest BCUT2D eigenvalue weighted by Crippen LogP contribution is 2.38. The number of nitrogens with zero attached hydrogens (tertiary/aromatic N) is 2. The lowest BCUT2D eigenvalue weighted by Gasteiger charge is -2.14. The molecule has 0 saturated carbocycles. The van der Waals surface area contributed by atoms with E-state index in [1.165, 1.54) is 66.7 Å². The Hall–Kier alpha value is -5.90. The van der Waals surface area contributed by atoms with Gasteiger partial charge in [-0.25, -0.2) is 19.4 Å². The molecule has 4 aromatic rings. The first-order valence-corrected chi connectivity index (χ1v) is 11.9. The summed E-state index contributed by atoms with van der Waals surface area (Å²) < 4.78 is 0. The van der Waals surface area contributed by atoms with Gasteiger partial charge in [-0.05, 0) is 65.7 Å². The molecule has 2 aliphatic heterocycles. The molecule has 194 valence electrons. The zero-order chi connectivity index (χ0) is 28.3. The van der Waals surface area contributed by atoms with Gasteiger partial charge in [-0.1, -0.05) is 30.3 Å². The number of anilines is 2. The van der Waals surface area contributed by atoms with Crippen molar-refractivity contribution in [3.05, 3.63) is 118 Å². The molecule has 0 bridgehead atoms. The van der Waals surface area contributed by atoms with E-state index in [0.29, 0.717) is 11.1 Å². The summed E-state index contributed by atoms with van der Waals surface area (Å²) in [5, 5.41) is 18.6. The number of carboxylic acid groups (broad SMARTS) is 2. The Labute approximate surface area is 225 Å². The monoisotopic (exact) mass is 532 g/mol. The van der Waals surface area contributed by atoms with Gasteiger partial charge in [-0.3, -0.25) is 19.2 Å². The first-order chi connectivity index (χ1) is 19.2. The topological polar surface area (TPSA) is 149 Å². The Kier molecular flexibility index (Phi) is 5.40. The van der Waals surface area contributed by atoms with E-state index in [9.17, 15) is 39.0 Å². The zero-order valence-electron chi connectivity index (χ0n) is 20.3. The average Bonchev–Trinajstić information content (AvgIpc) is 3.36. The molecular formula is C30H16N2O8. The van der Waals surface area contributed by atoms with Crippen LogP contribution in [0.1, 0.15) is 62.1 Å². The average molecular weight is 532 g/mol. The maximum atomic E-state index is 13.5. The molecule has 10 nitrogen and oxygen atoms in total. The number of aromatic carboxylic acids is 2. The van der Waals surface area contributed by atoms with Crippen LogP contribution in [0.15, 0.2) is 84.9 Å². The zero-order valence-corrected chi connectivity index (χ0v) is 20.3. The lowest BCUT2D eigenvalue weighted by atomic mass is 9.94. The van der Waals surface area contributed by atoms with Crippen LogP contribution in [0.4, 0.5) is 11.4 Å². The van der Waals surface area contributed by atoms with Crippen LogP contribution in [-0.4, -0.2) is 45.8 Å². The van der Waals surface area contributed by atoms with Gasteiger partial charge in [-0.2, -0.15) is 0 Å². The van der Waals surface area contributed by atoms with E-state index >= 15 is 0 Å². The molecule has 10 heteroatoms. The van der Waals surface area contributed by atoms with Gasteiger partial charge in [0.15, 0.2) is 0 Å². The van der Waals surface area contributed by atoms with E-state index in [-0.39, 0.29) is 44.8 Å². The van der Waals surface area contributed by atoms with Crippen LogP contribution in [-0.2, 0) is 0 Å². The molecule has 0 aromatic heterocycles. The summed E-state index contributed by atoms with van der Waals surface area (Å²) in [7, 11) is 0. The van der Waals surface area contributed by atoms with Gasteiger partial charge < -0.3 is 10.2 Å². The molecule has 0 radical (unpaired) electrons. The number of fused-ring (bicyclic) bond motifs is 2. The van der Waals surface area contributed by atoms with Crippen molar-refractivity contribution in [2.45, 2.75) is 0 Å². The van der Waals surface area contributed by atoms with E-state index in [0.717, 1.165) is 9.80 Å². The van der Waals surface area contributed by atoms with Gasteiger partial charge in [0, 0.05) is 0 Å². The van der Waals surface area contributed by atoms with Crippen molar-refractivity contribution in [2.24, 2.45) is 0 Å². The van der Waals surface area contributed by atoms with Crippen LogP contribution < -0.4 is 9.80 Å². The first kappa shape index (κ1) is 24.4. The quantitative estimate of drug-likeness (QED) is 0.360. The van der Waals surface area contributed by atoms with E-state index in [4.69, 9.17) is 0 Å². The SMILES string of the molecule is O=C(O)c1cccc(N2C(=O)c3ccc(-c4cccc5c4C(=O)N(c4cccc(C(=O)O)c4)C5=O)cc3C2=O)c1. The van der Waals surface area contributed by atoms with Crippen LogP contribution in [0.3, 0.4) is 0 Å². The predicted octanol–water partition coefficient (Wildman–Crippen LogP) is 4.35. The number of amides is 4. The number of carbonyl (C=O) groups is 6. The number of carboxylic acids is 2. The molecule has 40 heavy (non-hydrogen) atoms. The number of hydrogen-bond donors (Lipinski definition) is 2. The summed E-state index contributed by atoms with van der Waals surface area (Å²) in [5.41, 5.74) is 1.14. The lowest BCUT2D eigenvalue weighted by molar-refractivity contribution is 0.0686. The highest BCUT2D eigenvalue weighted by atomic mass is 16.4. The van der Waals surface area contributed by atoms with Gasteiger partial charge in [0.25, 0.3) is 23.6 Å². The molecule has 4 amide bonds. The Morgan fingerprint density at radius 1 is 0.500 bits per heavy atom. The summed E-state index contributed by atoms with van der Waals surface area (Å²) in [4.78, 5) is 77.8. The second-order valence-corrected chi connectivity index (χ2v) is 9.09. The van der Waals surface area contributed by atoms with Crippen LogP contribution in [0.2, 0.25) is 0 Å². The van der Waals surface area contributed by atoms with E-state index in [1.54, 1.807) is 18.2 Å². The number of hydrogen-bond acceptors (Lipinski definition) is 6. The van der Waals surface area contributed by atoms with E-state index < -0.39 is 35.6 Å². The third kappa shape index (κ3) is 3.58. The highest BCUT2D eigenvalue weighted by Gasteiger charge is 2.40. The van der Waals surface area contributed by atoms with Crippen LogP contribution in [0.25, 0.3) is 11.1 Å². The molecule has 2 aliphatic rings. The van der Waals surface area contributed by atoms with Gasteiger partial charge in [0.2, 0.25) is 0 Å². The summed E-state index contributed by atoms with van der Waals surface area (Å²) in [6.45, 7) is 0. The second kappa shape index (κ2) is 8.84. The van der Waals surface area contributed by atoms with Crippen molar-refractivity contribution >= 4 is 46.9 Å². The Bertz CT molecular complexity index is 1860. The van der Waals surface area contributed by atoms with Crippen LogP contribution in [0.5, 0.6) is 0 Å². The minimum absolute atomic E-state index is 0.0589. The highest BCUT2D eigenvalue weighted by molar-refractivity contribution is 6.37. The smallest absolute Gasteiger partial charge is 0.335 e. The summed E-state index contributed by atoms with van der Waals surface area (Å²) in [6.07, 6.45) is 0. The largest absolute Gasteiger partial charge is 0.478 e. The second-order valence-electron chi connectivity index (χ2n) is 9.09. The van der Waals surface area contributed by atoms with Gasteiger partial charge >= 0.3 is 11.9 Å². The molecule has 0 unspecified atom stereocenters. The number of benzene rings is 4. The van der Waals surface area contributed by atoms with Gasteiger partial charge in [0.1, 0.15) is 0 Å². The molecule has 4 aromatic carbocycles. The molecule has 0 aliphatic carbocycles. The van der Waals surface area contributed by atoms with Crippen molar-refractivity contribution in [3.63, 3.8) is 0 Å². The summed E-state index contributed by atoms with van der Waals surface area (Å²) >= 11 is 0. The normalized spacial score (nSPS) is 14.0. The van der Waals surface area contributed by atoms with Crippen molar-refractivity contribution < 1.29 is 39.0 Å². The summed E-state index contributed by atoms with van der Waals surface area (Å²) in [6, 6.07) is 20.1. The molecule has 0 fully saturated rings. The minimum atomic E-state index is -1.21. The maximum absolute atomic E-state index is 13.5. The first-order valence-electron chi connectivity index (χ1n) is 11.9. The van der Waals surface area contributed by atoms with Crippen molar-refractivity contribution in [1.82, 2.24) is 0 Å². The van der Waals surface area contributed by atoms with E-state index in [1.807, 2.05) is 0 Å². The molecule has 0 atom stereocenters. The Balaban J connectivity index is 1.40. The Morgan fingerprint density at radius 3 is 1.60 bits per heavy atom. The minimum Gasteiger partial charge on any atom is -0.478 e. The summed E-state index contributed by atoms with van der Waals surface area (Å²) in [5.74, 6) is -4.98. The predicted molar refractivity (Wildman–Crippen MR) is 141 cm³/mol. The Morgan fingerprint density at radius 2 is 1.00 bits per heavy atom. The van der Waals surface area contributed by atoms with Crippen LogP contribution >= 0.6 is 0 Å². The van der Waals surface area contributed by atoms with Gasteiger partial charge in [0.05, 0.1) is 44.8 Å². The van der Waals surface area contributed by atoms with Gasteiger partial charge in [-0.15, -0.1) is 0 Å². The lowest BCUT2D eigenvalue weighted by Crippen LogP contribution is -2.29. The maximum Gasteiger partial charge on any atom is 0.335 e. The molecule has 2 N–H and O–H groups in total.